The van der Waals surface area contributed by atoms with E-state index in [4.69, 9.17) is 5.73 Å². The number of imide groups is 3. The van der Waals surface area contributed by atoms with Gasteiger partial charge in [0.15, 0.2) is 0 Å². The van der Waals surface area contributed by atoms with E-state index in [1.54, 1.807) is 6.07 Å². The summed E-state index contributed by atoms with van der Waals surface area (Å²) in [5.41, 5.74) is 6.02. The van der Waals surface area contributed by atoms with Crippen molar-refractivity contribution < 1.29 is 14.4 Å². The number of benzene rings is 1. The Hall–Kier alpha value is -2.43. The van der Waals surface area contributed by atoms with E-state index in [2.05, 4.69) is 6.58 Å². The molecule has 1 aromatic rings. The largest absolute Gasteiger partial charge is 0.398 e. The fourth-order valence-corrected chi connectivity index (χ4v) is 1.60. The van der Waals surface area contributed by atoms with Crippen LogP contribution in [0.15, 0.2) is 30.9 Å². The van der Waals surface area contributed by atoms with Crippen molar-refractivity contribution in [1.29, 1.82) is 0 Å². The number of nitrogen functional groups attached to an aromatic ring is 1. The topological polar surface area (TPSA) is 80.5 Å². The van der Waals surface area contributed by atoms with Crippen LogP contribution in [0.25, 0.3) is 0 Å². The van der Waals surface area contributed by atoms with E-state index in [1.165, 1.54) is 12.1 Å². The van der Waals surface area contributed by atoms with Crippen LogP contribution in [0.1, 0.15) is 20.7 Å². The van der Waals surface area contributed by atoms with Gasteiger partial charge in [0, 0.05) is 5.69 Å². The van der Waals surface area contributed by atoms with Gasteiger partial charge in [-0.05, 0) is 18.2 Å². The molecule has 5 heteroatoms. The van der Waals surface area contributed by atoms with Gasteiger partial charge in [-0.3, -0.25) is 14.4 Å². The molecule has 0 saturated heterocycles. The molecule has 3 amide bonds. The standard InChI is InChI=1S/C11H8N2O3/c1-2-8(14)13-10(15)6-4-3-5-7(12)9(6)11(13)16/h2-5H,1,12H2. The summed E-state index contributed by atoms with van der Waals surface area (Å²) >= 11 is 0. The predicted molar refractivity (Wildman–Crippen MR) is 56.6 cm³/mol. The Kier molecular flexibility index (Phi) is 2.09. The Morgan fingerprint density at radius 1 is 1.31 bits per heavy atom. The average molecular weight is 216 g/mol. The molecule has 0 radical (unpaired) electrons. The second kappa shape index (κ2) is 3.30. The van der Waals surface area contributed by atoms with Crippen molar-refractivity contribution in [1.82, 2.24) is 4.90 Å². The molecule has 0 bridgehead atoms. The van der Waals surface area contributed by atoms with Gasteiger partial charge in [0.05, 0.1) is 11.1 Å². The molecule has 0 saturated carbocycles. The van der Waals surface area contributed by atoms with Gasteiger partial charge < -0.3 is 5.73 Å². The Morgan fingerprint density at radius 3 is 2.56 bits per heavy atom. The molecule has 1 heterocycles. The molecule has 0 unspecified atom stereocenters. The fraction of sp³-hybridized carbons (Fsp3) is 0. The number of nitrogens with two attached hydrogens (primary N) is 1. The molecule has 0 atom stereocenters. The zero-order valence-electron chi connectivity index (χ0n) is 8.27. The predicted octanol–water partition coefficient (Wildman–Crippen LogP) is 0.577. The quantitative estimate of drug-likeness (QED) is 0.423. The third-order valence-electron chi connectivity index (χ3n) is 2.34. The third kappa shape index (κ3) is 1.15. The highest BCUT2D eigenvalue weighted by molar-refractivity contribution is 6.31. The second-order valence-electron chi connectivity index (χ2n) is 3.26. The minimum Gasteiger partial charge on any atom is -0.398 e. The fourth-order valence-electron chi connectivity index (χ4n) is 1.60. The first kappa shape index (κ1) is 10.1. The number of nitrogens with zero attached hydrogens (tertiary/aromatic N) is 1. The van der Waals surface area contributed by atoms with Crippen LogP contribution < -0.4 is 5.73 Å². The molecule has 1 aliphatic rings. The van der Waals surface area contributed by atoms with E-state index in [9.17, 15) is 14.4 Å². The lowest BCUT2D eigenvalue weighted by Crippen LogP contribution is -2.34. The van der Waals surface area contributed by atoms with Crippen LogP contribution in [0, 0.1) is 0 Å². The van der Waals surface area contributed by atoms with E-state index >= 15 is 0 Å². The van der Waals surface area contributed by atoms with Crippen LogP contribution in [0.5, 0.6) is 0 Å². The van der Waals surface area contributed by atoms with Gasteiger partial charge in [0.25, 0.3) is 17.7 Å². The Morgan fingerprint density at radius 2 is 2.00 bits per heavy atom. The molecule has 0 aromatic heterocycles. The minimum atomic E-state index is -0.745. The summed E-state index contributed by atoms with van der Waals surface area (Å²) in [6, 6.07) is 4.52. The molecule has 5 nitrogen and oxygen atoms in total. The van der Waals surface area contributed by atoms with Gasteiger partial charge in [-0.1, -0.05) is 12.6 Å². The van der Waals surface area contributed by atoms with Crippen LogP contribution >= 0.6 is 0 Å². The van der Waals surface area contributed by atoms with Crippen molar-refractivity contribution in [2.24, 2.45) is 0 Å². The van der Waals surface area contributed by atoms with Crippen LogP contribution in [0.2, 0.25) is 0 Å². The lowest BCUT2D eigenvalue weighted by molar-refractivity contribution is -0.121. The average Bonchev–Trinajstić information content (AvgIpc) is 2.52. The van der Waals surface area contributed by atoms with Crippen LogP contribution in [-0.2, 0) is 4.79 Å². The zero-order chi connectivity index (χ0) is 11.9. The molecular formula is C11H8N2O3. The Balaban J connectivity index is 2.61. The number of carbonyl (C=O) groups is 3. The summed E-state index contributed by atoms with van der Waals surface area (Å²) in [7, 11) is 0. The van der Waals surface area contributed by atoms with E-state index in [0.29, 0.717) is 4.90 Å². The highest BCUT2D eigenvalue weighted by atomic mass is 16.2. The summed E-state index contributed by atoms with van der Waals surface area (Å²) < 4.78 is 0. The maximum Gasteiger partial charge on any atom is 0.270 e. The summed E-state index contributed by atoms with van der Waals surface area (Å²) in [5, 5.41) is 0. The number of anilines is 1. The van der Waals surface area contributed by atoms with Crippen molar-refractivity contribution in [3.05, 3.63) is 42.0 Å². The highest BCUT2D eigenvalue weighted by Crippen LogP contribution is 2.27. The number of fused-ring (bicyclic) bond motifs is 1. The molecule has 2 rings (SSSR count). The lowest BCUT2D eigenvalue weighted by atomic mass is 10.1. The minimum absolute atomic E-state index is 0.0858. The smallest absolute Gasteiger partial charge is 0.270 e. The Labute approximate surface area is 91.1 Å². The van der Waals surface area contributed by atoms with Crippen LogP contribution in [0.4, 0.5) is 5.69 Å². The molecule has 1 aromatic carbocycles. The second-order valence-corrected chi connectivity index (χ2v) is 3.26. The van der Waals surface area contributed by atoms with Gasteiger partial charge in [0.2, 0.25) is 0 Å². The van der Waals surface area contributed by atoms with Crippen LogP contribution in [-0.4, -0.2) is 22.6 Å². The van der Waals surface area contributed by atoms with Gasteiger partial charge in [-0.15, -0.1) is 0 Å². The molecule has 2 N–H and O–H groups in total. The summed E-state index contributed by atoms with van der Waals surface area (Å²) in [4.78, 5) is 35.4. The number of rotatable bonds is 1. The number of hydrogen-bond donors (Lipinski definition) is 1. The lowest BCUT2D eigenvalue weighted by Gasteiger charge is -2.07. The molecule has 0 fully saturated rings. The molecule has 80 valence electrons. The first-order valence-corrected chi connectivity index (χ1v) is 4.51. The highest BCUT2D eigenvalue weighted by Gasteiger charge is 2.39. The Bertz CT molecular complexity index is 534. The van der Waals surface area contributed by atoms with Gasteiger partial charge in [-0.2, -0.15) is 0 Å². The van der Waals surface area contributed by atoms with Crippen molar-refractivity contribution in [3.8, 4) is 0 Å². The van der Waals surface area contributed by atoms with E-state index in [0.717, 1.165) is 6.08 Å². The molecular weight excluding hydrogens is 208 g/mol. The van der Waals surface area contributed by atoms with E-state index in [-0.39, 0.29) is 16.8 Å². The van der Waals surface area contributed by atoms with Gasteiger partial charge in [0.1, 0.15) is 0 Å². The summed E-state index contributed by atoms with van der Waals surface area (Å²) in [6.45, 7) is 3.23. The number of carbonyl (C=O) groups excluding carboxylic acids is 3. The third-order valence-corrected chi connectivity index (χ3v) is 2.34. The first-order valence-electron chi connectivity index (χ1n) is 4.51. The summed E-state index contributed by atoms with van der Waals surface area (Å²) in [6.07, 6.45) is 0.915. The first-order chi connectivity index (χ1) is 7.57. The molecule has 0 aliphatic carbocycles. The van der Waals surface area contributed by atoms with Gasteiger partial charge >= 0.3 is 0 Å². The van der Waals surface area contributed by atoms with Crippen molar-refractivity contribution >= 4 is 23.4 Å². The SMILES string of the molecule is C=CC(=O)N1C(=O)c2cccc(N)c2C1=O. The maximum atomic E-state index is 11.8. The molecule has 0 spiro atoms. The van der Waals surface area contributed by atoms with Crippen molar-refractivity contribution in [3.63, 3.8) is 0 Å². The molecule has 1 aliphatic heterocycles. The van der Waals surface area contributed by atoms with Crippen molar-refractivity contribution in [2.45, 2.75) is 0 Å². The zero-order valence-corrected chi connectivity index (χ0v) is 8.27. The number of hydrogen-bond acceptors (Lipinski definition) is 4. The van der Waals surface area contributed by atoms with Crippen LogP contribution in [0.3, 0.4) is 0 Å². The molecule has 16 heavy (non-hydrogen) atoms. The monoisotopic (exact) mass is 216 g/mol. The van der Waals surface area contributed by atoms with Crippen molar-refractivity contribution in [2.75, 3.05) is 5.73 Å². The van der Waals surface area contributed by atoms with E-state index < -0.39 is 17.7 Å². The van der Waals surface area contributed by atoms with Gasteiger partial charge in [-0.25, -0.2) is 4.90 Å². The maximum absolute atomic E-state index is 11.8. The number of amides is 3. The summed E-state index contributed by atoms with van der Waals surface area (Å²) in [5.74, 6) is -2.09. The normalized spacial score (nSPS) is 13.9. The van der Waals surface area contributed by atoms with E-state index in [1.807, 2.05) is 0 Å².